The van der Waals surface area contributed by atoms with Crippen molar-refractivity contribution in [3.63, 3.8) is 0 Å². The summed E-state index contributed by atoms with van der Waals surface area (Å²) in [6.45, 7) is -2.94. The number of carbonyl (C=O) groups excluding carboxylic acids is 1. The molecule has 0 spiro atoms. The minimum atomic E-state index is -2.98. The Kier molecular flexibility index (Phi) is 4.03. The van der Waals surface area contributed by atoms with E-state index >= 15 is 0 Å². The second-order valence-electron chi connectivity index (χ2n) is 5.70. The third-order valence-corrected chi connectivity index (χ3v) is 4.26. The van der Waals surface area contributed by atoms with Crippen LogP contribution in [-0.2, 0) is 6.54 Å². The summed E-state index contributed by atoms with van der Waals surface area (Å²) in [4.78, 5) is 15.4. The molecule has 9 heteroatoms. The molecule has 23 heavy (non-hydrogen) atoms. The van der Waals surface area contributed by atoms with E-state index in [1.54, 1.807) is 0 Å². The van der Waals surface area contributed by atoms with E-state index < -0.39 is 36.4 Å². The Balaban J connectivity index is 1.48. The number of carbonyl (C=O) groups is 1. The molecule has 3 atom stereocenters. The van der Waals surface area contributed by atoms with Crippen LogP contribution in [0, 0.1) is 11.8 Å². The SMILES string of the molecule is O=C(NCc1ccnc(OC(F)F)c1)NC1CC[C@@H]2[C@H]1C2(F)F. The van der Waals surface area contributed by atoms with Crippen LogP contribution in [0.2, 0.25) is 0 Å². The van der Waals surface area contributed by atoms with Crippen LogP contribution in [0.15, 0.2) is 18.3 Å². The maximum atomic E-state index is 13.3. The zero-order valence-electron chi connectivity index (χ0n) is 11.9. The van der Waals surface area contributed by atoms with E-state index in [0.717, 1.165) is 0 Å². The van der Waals surface area contributed by atoms with Gasteiger partial charge in [0.25, 0.3) is 5.92 Å². The predicted octanol–water partition coefficient (Wildman–Crippen LogP) is 2.53. The van der Waals surface area contributed by atoms with Gasteiger partial charge < -0.3 is 15.4 Å². The maximum absolute atomic E-state index is 13.3. The molecule has 2 aliphatic rings. The monoisotopic (exact) mass is 333 g/mol. The summed E-state index contributed by atoms with van der Waals surface area (Å²) < 4.78 is 54.9. The fraction of sp³-hybridized carbons (Fsp3) is 0.571. The molecule has 0 aliphatic heterocycles. The Morgan fingerprint density at radius 1 is 1.43 bits per heavy atom. The molecule has 2 fully saturated rings. The molecular weight excluding hydrogens is 318 g/mol. The fourth-order valence-electron chi connectivity index (χ4n) is 3.16. The van der Waals surface area contributed by atoms with Crippen molar-refractivity contribution in [3.8, 4) is 5.88 Å². The third kappa shape index (κ3) is 3.32. The van der Waals surface area contributed by atoms with Gasteiger partial charge in [-0.15, -0.1) is 0 Å². The Hall–Kier alpha value is -2.06. The fourth-order valence-corrected chi connectivity index (χ4v) is 3.16. The lowest BCUT2D eigenvalue weighted by Crippen LogP contribution is -2.43. The first-order valence-electron chi connectivity index (χ1n) is 7.20. The standard InChI is InChI=1S/C14H15F4N3O2/c15-12(16)23-10-5-7(3-4-19-10)6-20-13(22)21-9-2-1-8-11(9)14(8,17)18/h3-5,8-9,11-12H,1-2,6H2,(H2,20,21,22)/t8-,9?,11-/m1/s1. The number of ether oxygens (including phenoxy) is 1. The zero-order chi connectivity index (χ0) is 16.6. The van der Waals surface area contributed by atoms with Crippen LogP contribution in [0.3, 0.4) is 0 Å². The number of hydrogen-bond acceptors (Lipinski definition) is 3. The van der Waals surface area contributed by atoms with Crippen molar-refractivity contribution >= 4 is 6.03 Å². The van der Waals surface area contributed by atoms with Gasteiger partial charge in [0, 0.05) is 30.8 Å². The molecule has 0 bridgehead atoms. The van der Waals surface area contributed by atoms with Crippen LogP contribution in [0.5, 0.6) is 5.88 Å². The van der Waals surface area contributed by atoms with Crippen LogP contribution in [0.4, 0.5) is 22.4 Å². The Morgan fingerprint density at radius 2 is 2.22 bits per heavy atom. The maximum Gasteiger partial charge on any atom is 0.388 e. The second-order valence-corrected chi connectivity index (χ2v) is 5.70. The first kappa shape index (κ1) is 15.8. The van der Waals surface area contributed by atoms with Crippen molar-refractivity contribution in [2.24, 2.45) is 11.8 Å². The minimum absolute atomic E-state index is 0.0468. The van der Waals surface area contributed by atoms with Crippen molar-refractivity contribution in [3.05, 3.63) is 23.9 Å². The first-order chi connectivity index (χ1) is 10.9. The average molecular weight is 333 g/mol. The number of hydrogen-bond donors (Lipinski definition) is 2. The molecular formula is C14H15F4N3O2. The number of nitrogens with zero attached hydrogens (tertiary/aromatic N) is 1. The van der Waals surface area contributed by atoms with Gasteiger partial charge in [-0.05, 0) is 24.5 Å². The summed E-state index contributed by atoms with van der Waals surface area (Å²) in [6.07, 6.45) is 2.24. The van der Waals surface area contributed by atoms with E-state index in [1.165, 1.54) is 18.3 Å². The van der Waals surface area contributed by atoms with Gasteiger partial charge in [0.05, 0.1) is 5.92 Å². The lowest BCUT2D eigenvalue weighted by molar-refractivity contribution is -0.0529. The molecule has 2 amide bonds. The molecule has 0 aromatic carbocycles. The molecule has 1 aromatic heterocycles. The molecule has 2 saturated carbocycles. The van der Waals surface area contributed by atoms with Crippen molar-refractivity contribution < 1.29 is 27.1 Å². The van der Waals surface area contributed by atoms with E-state index in [2.05, 4.69) is 20.4 Å². The average Bonchev–Trinajstić information content (AvgIpc) is 2.81. The number of amides is 2. The Labute approximate surface area is 129 Å². The molecule has 1 unspecified atom stereocenters. The highest BCUT2D eigenvalue weighted by Crippen LogP contribution is 2.63. The molecule has 0 radical (unpaired) electrons. The highest BCUT2D eigenvalue weighted by molar-refractivity contribution is 5.74. The van der Waals surface area contributed by atoms with E-state index in [0.29, 0.717) is 18.4 Å². The molecule has 0 saturated heterocycles. The number of rotatable bonds is 5. The molecule has 126 valence electrons. The normalized spacial score (nSPS) is 27.4. The predicted molar refractivity (Wildman–Crippen MR) is 71.2 cm³/mol. The number of alkyl halides is 4. The lowest BCUT2D eigenvalue weighted by atomic mass is 10.1. The number of urea groups is 1. The van der Waals surface area contributed by atoms with Crippen molar-refractivity contribution in [1.29, 1.82) is 0 Å². The second kappa shape index (κ2) is 5.86. The van der Waals surface area contributed by atoms with E-state index in [9.17, 15) is 22.4 Å². The van der Waals surface area contributed by atoms with Gasteiger partial charge >= 0.3 is 12.6 Å². The quantitative estimate of drug-likeness (QED) is 0.814. The molecule has 1 aromatic rings. The number of halogens is 4. The van der Waals surface area contributed by atoms with Crippen LogP contribution in [0.25, 0.3) is 0 Å². The van der Waals surface area contributed by atoms with E-state index in [4.69, 9.17) is 0 Å². The smallest absolute Gasteiger partial charge is 0.388 e. The van der Waals surface area contributed by atoms with Gasteiger partial charge in [-0.1, -0.05) is 0 Å². The van der Waals surface area contributed by atoms with Crippen molar-refractivity contribution in [1.82, 2.24) is 15.6 Å². The van der Waals surface area contributed by atoms with Crippen LogP contribution < -0.4 is 15.4 Å². The van der Waals surface area contributed by atoms with Crippen LogP contribution in [-0.4, -0.2) is 29.6 Å². The molecule has 2 N–H and O–H groups in total. The van der Waals surface area contributed by atoms with Crippen molar-refractivity contribution in [2.45, 2.75) is 38.0 Å². The largest absolute Gasteiger partial charge is 0.417 e. The molecule has 3 rings (SSSR count). The van der Waals surface area contributed by atoms with Gasteiger partial charge in [0.1, 0.15) is 0 Å². The topological polar surface area (TPSA) is 63.2 Å². The van der Waals surface area contributed by atoms with Gasteiger partial charge in [0.15, 0.2) is 0 Å². The molecule has 5 nitrogen and oxygen atoms in total. The number of pyridine rings is 1. The summed E-state index contributed by atoms with van der Waals surface area (Å²) in [5.41, 5.74) is 0.506. The van der Waals surface area contributed by atoms with Gasteiger partial charge in [0.2, 0.25) is 5.88 Å². The van der Waals surface area contributed by atoms with E-state index in [1.807, 2.05) is 0 Å². The summed E-state index contributed by atoms with van der Waals surface area (Å²) in [5.74, 6) is -4.29. The first-order valence-corrected chi connectivity index (χ1v) is 7.20. The molecule has 2 aliphatic carbocycles. The minimum Gasteiger partial charge on any atom is -0.417 e. The van der Waals surface area contributed by atoms with Gasteiger partial charge in [-0.3, -0.25) is 0 Å². The van der Waals surface area contributed by atoms with Gasteiger partial charge in [-0.25, -0.2) is 18.6 Å². The summed E-state index contributed by atoms with van der Waals surface area (Å²) in [5, 5.41) is 5.05. The summed E-state index contributed by atoms with van der Waals surface area (Å²) in [7, 11) is 0. The third-order valence-electron chi connectivity index (χ3n) is 4.26. The van der Waals surface area contributed by atoms with Crippen LogP contribution >= 0.6 is 0 Å². The van der Waals surface area contributed by atoms with Crippen LogP contribution in [0.1, 0.15) is 18.4 Å². The number of aromatic nitrogens is 1. The Morgan fingerprint density at radius 3 is 2.87 bits per heavy atom. The summed E-state index contributed by atoms with van der Waals surface area (Å²) in [6, 6.07) is 1.71. The molecule has 1 heterocycles. The Bertz CT molecular complexity index is 599. The lowest BCUT2D eigenvalue weighted by Gasteiger charge is -2.16. The number of fused-ring (bicyclic) bond motifs is 1. The zero-order valence-corrected chi connectivity index (χ0v) is 11.9. The highest BCUT2D eigenvalue weighted by Gasteiger charge is 2.73. The van der Waals surface area contributed by atoms with Gasteiger partial charge in [-0.2, -0.15) is 8.78 Å². The summed E-state index contributed by atoms with van der Waals surface area (Å²) >= 11 is 0. The number of nitrogens with one attached hydrogen (secondary N) is 2. The van der Waals surface area contributed by atoms with Crippen molar-refractivity contribution in [2.75, 3.05) is 0 Å². The highest BCUT2D eigenvalue weighted by atomic mass is 19.3. The van der Waals surface area contributed by atoms with E-state index in [-0.39, 0.29) is 12.4 Å².